The van der Waals surface area contributed by atoms with Gasteiger partial charge in [0.1, 0.15) is 17.6 Å². The number of ether oxygens (including phenoxy) is 1. The van der Waals surface area contributed by atoms with E-state index in [-0.39, 0.29) is 24.5 Å². The van der Waals surface area contributed by atoms with Crippen LogP contribution < -0.4 is 5.32 Å². The Morgan fingerprint density at radius 3 is 2.88 bits per heavy atom. The van der Waals surface area contributed by atoms with Crippen LogP contribution in [0.25, 0.3) is 0 Å². The fourth-order valence-electron chi connectivity index (χ4n) is 2.88. The number of thiocarbonyl (C=S) groups is 1. The third-order valence-electron chi connectivity index (χ3n) is 4.03. The molecule has 0 spiro atoms. The average Bonchev–Trinajstić information content (AvgIpc) is 3.16. The Hall–Kier alpha value is -2.41. The predicted octanol–water partition coefficient (Wildman–Crippen LogP) is 2.52. The molecule has 1 aliphatic heterocycles. The van der Waals surface area contributed by atoms with E-state index in [1.54, 1.807) is 6.20 Å². The fraction of sp³-hybridized carbons (Fsp3) is 0.353. The Kier molecular flexibility index (Phi) is 4.80. The lowest BCUT2D eigenvalue weighted by Crippen LogP contribution is -2.31. The van der Waals surface area contributed by atoms with Crippen LogP contribution in [0.15, 0.2) is 40.9 Å². The lowest BCUT2D eigenvalue weighted by atomic mass is 10.0. The Bertz CT molecular complexity index is 732. The van der Waals surface area contributed by atoms with Crippen LogP contribution in [-0.2, 0) is 9.53 Å². The lowest BCUT2D eigenvalue weighted by molar-refractivity contribution is -0.140. The minimum Gasteiger partial charge on any atom is -0.469 e. The zero-order valence-corrected chi connectivity index (χ0v) is 14.4. The molecule has 6 nitrogen and oxygen atoms in total. The standard InChI is InChI=1S/C17H19N3O3S/c1-11-6-7-13(23-11)16-15(12-5-3-4-9-18-12)19-17(24)20(16)10-8-14(21)22-2/h3-7,9,15-16H,8,10H2,1-2H3,(H,19,24). The number of nitrogens with one attached hydrogen (secondary N) is 1. The summed E-state index contributed by atoms with van der Waals surface area (Å²) in [7, 11) is 1.38. The third kappa shape index (κ3) is 3.26. The second-order valence-corrected chi connectivity index (χ2v) is 5.98. The number of carbonyl (C=O) groups excluding carboxylic acids is 1. The number of carbonyl (C=O) groups is 1. The van der Waals surface area contributed by atoms with Crippen molar-refractivity contribution < 1.29 is 13.9 Å². The smallest absolute Gasteiger partial charge is 0.307 e. The van der Waals surface area contributed by atoms with E-state index in [4.69, 9.17) is 21.4 Å². The molecule has 3 rings (SSSR count). The number of rotatable bonds is 5. The van der Waals surface area contributed by atoms with Crippen LogP contribution in [0.1, 0.15) is 35.7 Å². The second kappa shape index (κ2) is 7.00. The van der Waals surface area contributed by atoms with Gasteiger partial charge in [0, 0.05) is 12.7 Å². The molecule has 1 saturated heterocycles. The second-order valence-electron chi connectivity index (χ2n) is 5.59. The minimum atomic E-state index is -0.270. The number of methoxy groups -OCH3 is 1. The molecule has 3 heterocycles. The Morgan fingerprint density at radius 1 is 1.42 bits per heavy atom. The van der Waals surface area contributed by atoms with Gasteiger partial charge in [-0.1, -0.05) is 6.07 Å². The number of aryl methyl sites for hydroxylation is 1. The Labute approximate surface area is 145 Å². The molecule has 0 radical (unpaired) electrons. The van der Waals surface area contributed by atoms with Crippen LogP contribution in [0.2, 0.25) is 0 Å². The normalized spacial score (nSPS) is 20.1. The number of pyridine rings is 1. The van der Waals surface area contributed by atoms with Crippen molar-refractivity contribution in [1.82, 2.24) is 15.2 Å². The fourth-order valence-corrected chi connectivity index (χ4v) is 3.21. The molecule has 0 amide bonds. The molecule has 1 aliphatic rings. The van der Waals surface area contributed by atoms with E-state index in [0.717, 1.165) is 17.2 Å². The number of nitrogens with zero attached hydrogens (tertiary/aromatic N) is 2. The van der Waals surface area contributed by atoms with E-state index in [1.807, 2.05) is 42.2 Å². The Morgan fingerprint density at radius 2 is 2.25 bits per heavy atom. The molecular weight excluding hydrogens is 326 g/mol. The molecule has 1 fully saturated rings. The molecule has 0 saturated carbocycles. The van der Waals surface area contributed by atoms with Crippen molar-refractivity contribution in [3.8, 4) is 0 Å². The number of esters is 1. The molecule has 0 aliphatic carbocycles. The van der Waals surface area contributed by atoms with Gasteiger partial charge in [-0.15, -0.1) is 0 Å². The number of hydrogen-bond donors (Lipinski definition) is 1. The zero-order valence-electron chi connectivity index (χ0n) is 13.6. The number of aromatic nitrogens is 1. The highest BCUT2D eigenvalue weighted by Crippen LogP contribution is 2.39. The van der Waals surface area contributed by atoms with Crippen LogP contribution >= 0.6 is 12.2 Å². The molecule has 7 heteroatoms. The van der Waals surface area contributed by atoms with Gasteiger partial charge in [-0.05, 0) is 43.4 Å². The largest absolute Gasteiger partial charge is 0.469 e. The first-order valence-electron chi connectivity index (χ1n) is 7.71. The highest BCUT2D eigenvalue weighted by molar-refractivity contribution is 7.80. The van der Waals surface area contributed by atoms with Crippen LogP contribution in [0.5, 0.6) is 0 Å². The molecule has 126 valence electrons. The van der Waals surface area contributed by atoms with Gasteiger partial charge in [0.15, 0.2) is 5.11 Å². The quantitative estimate of drug-likeness (QED) is 0.660. The predicted molar refractivity (Wildman–Crippen MR) is 92.2 cm³/mol. The summed E-state index contributed by atoms with van der Waals surface area (Å²) in [5, 5.41) is 3.88. The maximum Gasteiger partial charge on any atom is 0.307 e. The molecule has 2 aromatic heterocycles. The van der Waals surface area contributed by atoms with Crippen molar-refractivity contribution in [2.75, 3.05) is 13.7 Å². The van der Waals surface area contributed by atoms with Crippen LogP contribution in [0.3, 0.4) is 0 Å². The first-order chi connectivity index (χ1) is 11.6. The molecule has 0 bridgehead atoms. The van der Waals surface area contributed by atoms with Crippen LogP contribution in [0.4, 0.5) is 0 Å². The van der Waals surface area contributed by atoms with E-state index >= 15 is 0 Å². The minimum absolute atomic E-state index is 0.137. The van der Waals surface area contributed by atoms with E-state index in [0.29, 0.717) is 11.7 Å². The zero-order chi connectivity index (χ0) is 17.1. The molecule has 2 unspecified atom stereocenters. The van der Waals surface area contributed by atoms with Crippen molar-refractivity contribution in [2.45, 2.75) is 25.4 Å². The summed E-state index contributed by atoms with van der Waals surface area (Å²) in [4.78, 5) is 17.9. The SMILES string of the molecule is COC(=O)CCN1C(=S)NC(c2ccccn2)C1c1ccc(C)o1. The van der Waals surface area contributed by atoms with E-state index in [9.17, 15) is 4.79 Å². The summed E-state index contributed by atoms with van der Waals surface area (Å²) in [6.45, 7) is 2.35. The van der Waals surface area contributed by atoms with Gasteiger partial charge in [-0.25, -0.2) is 0 Å². The van der Waals surface area contributed by atoms with Gasteiger partial charge in [-0.2, -0.15) is 0 Å². The molecule has 2 atom stereocenters. The van der Waals surface area contributed by atoms with Gasteiger partial charge >= 0.3 is 5.97 Å². The molecule has 1 N–H and O–H groups in total. The number of furan rings is 1. The average molecular weight is 345 g/mol. The van der Waals surface area contributed by atoms with Gasteiger partial charge in [0.25, 0.3) is 0 Å². The van der Waals surface area contributed by atoms with Crippen molar-refractivity contribution in [3.63, 3.8) is 0 Å². The first-order valence-corrected chi connectivity index (χ1v) is 8.12. The summed E-state index contributed by atoms with van der Waals surface area (Å²) in [6, 6.07) is 9.33. The molecule has 24 heavy (non-hydrogen) atoms. The highest BCUT2D eigenvalue weighted by atomic mass is 32.1. The maximum atomic E-state index is 11.5. The van der Waals surface area contributed by atoms with Gasteiger partial charge in [-0.3, -0.25) is 9.78 Å². The van der Waals surface area contributed by atoms with E-state index in [1.165, 1.54) is 7.11 Å². The summed E-state index contributed by atoms with van der Waals surface area (Å²) in [5.41, 5.74) is 0.875. The Balaban J connectivity index is 1.92. The van der Waals surface area contributed by atoms with Gasteiger partial charge in [0.2, 0.25) is 0 Å². The molecule has 2 aromatic rings. The van der Waals surface area contributed by atoms with Gasteiger partial charge in [0.05, 0.1) is 25.3 Å². The van der Waals surface area contributed by atoms with E-state index in [2.05, 4.69) is 10.3 Å². The maximum absolute atomic E-state index is 11.5. The topological polar surface area (TPSA) is 67.6 Å². The van der Waals surface area contributed by atoms with Crippen LogP contribution in [-0.4, -0.2) is 34.6 Å². The molecular formula is C17H19N3O3S. The van der Waals surface area contributed by atoms with Crippen molar-refractivity contribution in [3.05, 3.63) is 53.7 Å². The lowest BCUT2D eigenvalue weighted by Gasteiger charge is -2.25. The summed E-state index contributed by atoms with van der Waals surface area (Å²) < 4.78 is 10.6. The van der Waals surface area contributed by atoms with E-state index < -0.39 is 0 Å². The van der Waals surface area contributed by atoms with Crippen molar-refractivity contribution in [1.29, 1.82) is 0 Å². The monoisotopic (exact) mass is 345 g/mol. The highest BCUT2D eigenvalue weighted by Gasteiger charge is 2.41. The van der Waals surface area contributed by atoms with Crippen molar-refractivity contribution in [2.24, 2.45) is 0 Å². The number of hydrogen-bond acceptors (Lipinski definition) is 5. The molecule has 0 aromatic carbocycles. The summed E-state index contributed by atoms with van der Waals surface area (Å²) in [5.74, 6) is 1.35. The van der Waals surface area contributed by atoms with Gasteiger partial charge < -0.3 is 19.4 Å². The first kappa shape index (κ1) is 16.4. The summed E-state index contributed by atoms with van der Waals surface area (Å²) >= 11 is 5.48. The van der Waals surface area contributed by atoms with Crippen molar-refractivity contribution >= 4 is 23.3 Å². The third-order valence-corrected chi connectivity index (χ3v) is 4.39. The summed E-state index contributed by atoms with van der Waals surface area (Å²) in [6.07, 6.45) is 2.01. The van der Waals surface area contributed by atoms with Crippen LogP contribution in [0, 0.1) is 6.92 Å².